The van der Waals surface area contributed by atoms with Crippen LogP contribution in [0.25, 0.3) is 11.3 Å². The molecule has 0 N–H and O–H groups in total. The van der Waals surface area contributed by atoms with E-state index in [0.29, 0.717) is 36.9 Å². The number of hydrogen-bond donors (Lipinski definition) is 0. The van der Waals surface area contributed by atoms with Crippen LogP contribution in [0.3, 0.4) is 0 Å². The third-order valence-corrected chi connectivity index (χ3v) is 5.65. The van der Waals surface area contributed by atoms with Crippen LogP contribution in [-0.4, -0.2) is 33.9 Å². The molecule has 3 heterocycles. The van der Waals surface area contributed by atoms with Crippen LogP contribution in [0.1, 0.15) is 40.8 Å². The predicted molar refractivity (Wildman–Crippen MR) is 106 cm³/mol. The predicted octanol–water partition coefficient (Wildman–Crippen LogP) is 4.36. The van der Waals surface area contributed by atoms with Crippen molar-refractivity contribution >= 4 is 17.2 Å². The van der Waals surface area contributed by atoms with Crippen molar-refractivity contribution in [1.29, 1.82) is 0 Å². The molecule has 1 aliphatic heterocycles. The summed E-state index contributed by atoms with van der Waals surface area (Å²) in [4.78, 5) is 24.0. The van der Waals surface area contributed by atoms with Crippen LogP contribution in [0.5, 0.6) is 5.75 Å². The van der Waals surface area contributed by atoms with Crippen LogP contribution in [0.4, 0.5) is 0 Å². The maximum atomic E-state index is 13.1. The summed E-state index contributed by atoms with van der Waals surface area (Å²) in [6, 6.07) is 11.5. The second-order valence-corrected chi connectivity index (χ2v) is 7.72. The molecule has 1 aliphatic rings. The Labute approximate surface area is 162 Å². The van der Waals surface area contributed by atoms with Crippen molar-refractivity contribution in [2.24, 2.45) is 0 Å². The van der Waals surface area contributed by atoms with Crippen LogP contribution >= 0.6 is 11.3 Å². The van der Waals surface area contributed by atoms with E-state index in [0.717, 1.165) is 22.0 Å². The zero-order valence-electron chi connectivity index (χ0n) is 15.4. The molecular weight excluding hydrogens is 358 g/mol. The highest BCUT2D eigenvalue weighted by atomic mass is 32.1. The molecule has 1 amide bonds. The molecule has 0 saturated carbocycles. The minimum absolute atomic E-state index is 0.0330. The Hall–Kier alpha value is -2.73. The van der Waals surface area contributed by atoms with Crippen molar-refractivity contribution in [3.05, 3.63) is 64.2 Å². The molecule has 27 heavy (non-hydrogen) atoms. The molecule has 4 rings (SSSR count). The summed E-state index contributed by atoms with van der Waals surface area (Å²) < 4.78 is 5.82. The number of rotatable bonds is 4. The number of thiazole rings is 1. The summed E-state index contributed by atoms with van der Waals surface area (Å²) in [5, 5.41) is 3.14. The second-order valence-electron chi connectivity index (χ2n) is 6.83. The lowest BCUT2D eigenvalue weighted by molar-refractivity contribution is 0.0741. The van der Waals surface area contributed by atoms with Crippen molar-refractivity contribution in [2.45, 2.75) is 26.3 Å². The number of hydrogen-bond acceptors (Lipinski definition) is 5. The van der Waals surface area contributed by atoms with Crippen molar-refractivity contribution in [2.75, 3.05) is 13.2 Å². The van der Waals surface area contributed by atoms with Crippen LogP contribution in [-0.2, 0) is 6.54 Å². The monoisotopic (exact) mass is 379 g/mol. The van der Waals surface area contributed by atoms with Gasteiger partial charge < -0.3 is 9.64 Å². The number of benzene rings is 1. The lowest BCUT2D eigenvalue weighted by Gasteiger charge is -2.19. The minimum Gasteiger partial charge on any atom is -0.491 e. The number of fused-ring (bicyclic) bond motifs is 1. The van der Waals surface area contributed by atoms with Gasteiger partial charge in [-0.1, -0.05) is 19.9 Å². The molecule has 1 aromatic carbocycles. The van der Waals surface area contributed by atoms with Crippen molar-refractivity contribution in [3.63, 3.8) is 0 Å². The lowest BCUT2D eigenvalue weighted by atomic mass is 10.1. The SMILES string of the molecule is CC(C)c1nc(-c2ccc3c(c2)C(=O)N(Cc2ccccn2)CCO3)cs1. The third-order valence-electron chi connectivity index (χ3n) is 4.51. The Morgan fingerprint density at radius 2 is 2.15 bits per heavy atom. The van der Waals surface area contributed by atoms with Crippen LogP contribution in [0.15, 0.2) is 48.0 Å². The summed E-state index contributed by atoms with van der Waals surface area (Å²) in [6.07, 6.45) is 1.74. The van der Waals surface area contributed by atoms with Gasteiger partial charge in [-0.15, -0.1) is 11.3 Å². The van der Waals surface area contributed by atoms with E-state index in [2.05, 4.69) is 18.8 Å². The van der Waals surface area contributed by atoms with Gasteiger partial charge in [0, 0.05) is 23.1 Å². The first-order chi connectivity index (χ1) is 13.1. The maximum Gasteiger partial charge on any atom is 0.258 e. The first-order valence-electron chi connectivity index (χ1n) is 9.03. The molecule has 138 valence electrons. The number of ether oxygens (including phenoxy) is 1. The Bertz CT molecular complexity index is 953. The Morgan fingerprint density at radius 3 is 2.89 bits per heavy atom. The summed E-state index contributed by atoms with van der Waals surface area (Å²) in [7, 11) is 0. The first kappa shape index (κ1) is 17.7. The number of pyridine rings is 1. The van der Waals surface area contributed by atoms with Gasteiger partial charge in [0.15, 0.2) is 0 Å². The van der Waals surface area contributed by atoms with Gasteiger partial charge in [0.2, 0.25) is 0 Å². The molecule has 6 heteroatoms. The molecule has 5 nitrogen and oxygen atoms in total. The standard InChI is InChI=1S/C21H21N3O2S/c1-14(2)20-23-18(13-27-20)15-6-7-19-17(11-15)21(25)24(9-10-26-19)12-16-5-3-4-8-22-16/h3-8,11,13-14H,9-10,12H2,1-2H3. The van der Waals surface area contributed by atoms with E-state index >= 15 is 0 Å². The van der Waals surface area contributed by atoms with Gasteiger partial charge in [0.25, 0.3) is 5.91 Å². The van der Waals surface area contributed by atoms with Gasteiger partial charge in [0.05, 0.1) is 35.0 Å². The summed E-state index contributed by atoms with van der Waals surface area (Å²) in [5.74, 6) is 0.990. The van der Waals surface area contributed by atoms with Crippen LogP contribution < -0.4 is 4.74 Å². The Kier molecular flexibility index (Phi) is 4.90. The molecule has 0 radical (unpaired) electrons. The van der Waals surface area contributed by atoms with E-state index in [1.54, 1.807) is 22.4 Å². The summed E-state index contributed by atoms with van der Waals surface area (Å²) in [6.45, 7) is 5.74. The Balaban J connectivity index is 1.64. The van der Waals surface area contributed by atoms with Gasteiger partial charge in [-0.3, -0.25) is 9.78 Å². The van der Waals surface area contributed by atoms with E-state index in [4.69, 9.17) is 9.72 Å². The molecule has 0 saturated heterocycles. The van der Waals surface area contributed by atoms with Crippen molar-refractivity contribution < 1.29 is 9.53 Å². The normalized spacial score (nSPS) is 14.0. The van der Waals surface area contributed by atoms with E-state index < -0.39 is 0 Å². The van der Waals surface area contributed by atoms with Crippen LogP contribution in [0, 0.1) is 0 Å². The fraction of sp³-hybridized carbons (Fsp3) is 0.286. The zero-order chi connectivity index (χ0) is 18.8. The number of amides is 1. The van der Waals surface area contributed by atoms with E-state index in [1.165, 1.54) is 0 Å². The fourth-order valence-electron chi connectivity index (χ4n) is 3.04. The van der Waals surface area contributed by atoms with Gasteiger partial charge in [0.1, 0.15) is 12.4 Å². The summed E-state index contributed by atoms with van der Waals surface area (Å²) in [5.41, 5.74) is 3.29. The molecule has 2 aromatic heterocycles. The van der Waals surface area contributed by atoms with Crippen molar-refractivity contribution in [3.8, 4) is 17.0 Å². The van der Waals surface area contributed by atoms with Gasteiger partial charge in [-0.2, -0.15) is 0 Å². The highest BCUT2D eigenvalue weighted by Gasteiger charge is 2.25. The quantitative estimate of drug-likeness (QED) is 0.676. The van der Waals surface area contributed by atoms with Gasteiger partial charge >= 0.3 is 0 Å². The molecule has 0 atom stereocenters. The molecule has 3 aromatic rings. The molecule has 0 bridgehead atoms. The van der Waals surface area contributed by atoms with E-state index in [9.17, 15) is 4.79 Å². The molecule has 0 unspecified atom stereocenters. The largest absolute Gasteiger partial charge is 0.491 e. The van der Waals surface area contributed by atoms with Crippen molar-refractivity contribution in [1.82, 2.24) is 14.9 Å². The van der Waals surface area contributed by atoms with Gasteiger partial charge in [-0.05, 0) is 30.3 Å². The smallest absolute Gasteiger partial charge is 0.258 e. The lowest BCUT2D eigenvalue weighted by Crippen LogP contribution is -2.32. The molecule has 0 fully saturated rings. The van der Waals surface area contributed by atoms with E-state index in [-0.39, 0.29) is 5.91 Å². The average molecular weight is 379 g/mol. The topological polar surface area (TPSA) is 55.3 Å². The number of aromatic nitrogens is 2. The molecular formula is C21H21N3O2S. The first-order valence-corrected chi connectivity index (χ1v) is 9.91. The zero-order valence-corrected chi connectivity index (χ0v) is 16.2. The Morgan fingerprint density at radius 1 is 1.26 bits per heavy atom. The van der Waals surface area contributed by atoms with E-state index in [1.807, 2.05) is 41.8 Å². The van der Waals surface area contributed by atoms with Gasteiger partial charge in [-0.25, -0.2) is 4.98 Å². The average Bonchev–Trinajstić information content (AvgIpc) is 3.13. The second kappa shape index (κ2) is 7.48. The molecule has 0 aliphatic carbocycles. The number of carbonyl (C=O) groups excluding carboxylic acids is 1. The summed E-state index contributed by atoms with van der Waals surface area (Å²) >= 11 is 1.65. The number of carbonyl (C=O) groups is 1. The third kappa shape index (κ3) is 3.71. The minimum atomic E-state index is -0.0330. The maximum absolute atomic E-state index is 13.1. The van der Waals surface area contributed by atoms with Crippen LogP contribution in [0.2, 0.25) is 0 Å². The highest BCUT2D eigenvalue weighted by Crippen LogP contribution is 2.31. The highest BCUT2D eigenvalue weighted by molar-refractivity contribution is 7.10. The number of nitrogens with zero attached hydrogens (tertiary/aromatic N) is 3. The fourth-order valence-corrected chi connectivity index (χ4v) is 3.89. The molecule has 0 spiro atoms.